The lowest BCUT2D eigenvalue weighted by atomic mass is 10.0. The maximum Gasteiger partial charge on any atom is 0.306 e. The third kappa shape index (κ3) is 80.7. The summed E-state index contributed by atoms with van der Waals surface area (Å²) in [5.74, 6) is -0.572. The van der Waals surface area contributed by atoms with Gasteiger partial charge in [0.25, 0.3) is 0 Å². The number of allylic oxidation sites excluding steroid dienone is 20. The van der Waals surface area contributed by atoms with Crippen molar-refractivity contribution in [2.24, 2.45) is 0 Å². The minimum Gasteiger partial charge on any atom is -0.462 e. The lowest BCUT2D eigenvalue weighted by molar-refractivity contribution is -0.161. The fraction of sp³-hybridized carbons (Fsp3) is 0.753. The largest absolute Gasteiger partial charge is 0.462 e. The molecular formula is C89H156O5. The highest BCUT2D eigenvalue weighted by atomic mass is 16.6. The molecule has 0 aliphatic carbocycles. The van der Waals surface area contributed by atoms with Crippen LogP contribution >= 0.6 is 0 Å². The van der Waals surface area contributed by atoms with E-state index in [4.69, 9.17) is 9.47 Å². The van der Waals surface area contributed by atoms with Gasteiger partial charge in [0.05, 0.1) is 6.61 Å². The second-order valence-electron chi connectivity index (χ2n) is 27.5. The standard InChI is InChI=1S/C89H156O5/c1-3-5-7-9-11-13-15-17-19-21-23-25-27-29-31-33-35-37-39-41-43-44-46-48-50-52-54-56-58-60-62-64-66-68-70-72-74-76-78-80-82-84-89(92)94-87(85-90)86-93-88(91)83-81-79-77-75-73-71-69-67-65-63-61-59-57-55-53-51-49-47-45-42-40-38-36-34-32-30-28-26-24-22-20-18-16-14-12-10-8-6-4-2/h5,7,11,13,16-19,22-25,28-31,35,37,41,43,87,90H,3-4,6,8-10,12,14-15,20-21,26-27,32-34,36,38-40,42,44-86H2,1-2H3/b7-5-,13-11-,18-16-,19-17-,24-22-,25-23-,30-28-,31-29-,37-35-,43-41-. The van der Waals surface area contributed by atoms with Crippen LogP contribution in [0, 0.1) is 0 Å². The first-order valence-electron chi connectivity index (χ1n) is 41.1. The molecule has 0 fully saturated rings. The van der Waals surface area contributed by atoms with Crippen molar-refractivity contribution >= 4 is 11.9 Å². The summed E-state index contributed by atoms with van der Waals surface area (Å²) in [6.45, 7) is 4.06. The molecule has 0 rings (SSSR count). The number of esters is 2. The van der Waals surface area contributed by atoms with Crippen molar-refractivity contribution in [1.29, 1.82) is 0 Å². The molecule has 0 amide bonds. The number of unbranched alkanes of at least 4 members (excludes halogenated alkanes) is 48. The quantitative estimate of drug-likeness (QED) is 0.0373. The predicted molar refractivity (Wildman–Crippen MR) is 417 cm³/mol. The molecular weight excluding hydrogens is 1150 g/mol. The van der Waals surface area contributed by atoms with Gasteiger partial charge in [0, 0.05) is 12.8 Å². The van der Waals surface area contributed by atoms with Crippen molar-refractivity contribution in [1.82, 2.24) is 0 Å². The zero-order valence-corrected chi connectivity index (χ0v) is 62.5. The zero-order chi connectivity index (χ0) is 67.5. The molecule has 0 aliphatic heterocycles. The summed E-state index contributed by atoms with van der Waals surface area (Å²) in [5.41, 5.74) is 0. The minimum absolute atomic E-state index is 0.0638. The summed E-state index contributed by atoms with van der Waals surface area (Å²) >= 11 is 0. The van der Waals surface area contributed by atoms with Crippen LogP contribution in [0.4, 0.5) is 0 Å². The molecule has 0 spiro atoms. The van der Waals surface area contributed by atoms with E-state index in [1.807, 2.05) is 0 Å². The molecule has 0 bridgehead atoms. The van der Waals surface area contributed by atoms with E-state index < -0.39 is 6.10 Å². The van der Waals surface area contributed by atoms with E-state index in [9.17, 15) is 14.7 Å². The monoisotopic (exact) mass is 1310 g/mol. The van der Waals surface area contributed by atoms with Crippen molar-refractivity contribution in [3.63, 3.8) is 0 Å². The van der Waals surface area contributed by atoms with Crippen LogP contribution in [0.5, 0.6) is 0 Å². The number of carbonyl (C=O) groups is 2. The molecule has 0 saturated carbocycles. The molecule has 5 heteroatoms. The Morgan fingerprint density at radius 2 is 0.457 bits per heavy atom. The number of hydrogen-bond acceptors (Lipinski definition) is 5. The molecule has 1 unspecified atom stereocenters. The molecule has 542 valence electrons. The number of ether oxygens (including phenoxy) is 2. The second kappa shape index (κ2) is 83.5. The summed E-state index contributed by atoms with van der Waals surface area (Å²) in [7, 11) is 0. The number of aliphatic hydroxyl groups excluding tert-OH is 1. The van der Waals surface area contributed by atoms with Gasteiger partial charge >= 0.3 is 11.9 Å². The van der Waals surface area contributed by atoms with Gasteiger partial charge in [-0.25, -0.2) is 0 Å². The Kier molecular flexibility index (Phi) is 80.2. The van der Waals surface area contributed by atoms with Crippen LogP contribution in [-0.2, 0) is 19.1 Å². The van der Waals surface area contributed by atoms with Gasteiger partial charge in [-0.1, -0.05) is 411 Å². The van der Waals surface area contributed by atoms with Crippen LogP contribution in [0.1, 0.15) is 412 Å². The molecule has 0 aromatic carbocycles. The fourth-order valence-corrected chi connectivity index (χ4v) is 12.1. The van der Waals surface area contributed by atoms with Crippen LogP contribution in [0.25, 0.3) is 0 Å². The highest BCUT2D eigenvalue weighted by molar-refractivity contribution is 5.70. The van der Waals surface area contributed by atoms with Gasteiger partial charge in [0.2, 0.25) is 0 Å². The van der Waals surface area contributed by atoms with Crippen LogP contribution in [-0.4, -0.2) is 36.4 Å². The first-order valence-corrected chi connectivity index (χ1v) is 41.1. The van der Waals surface area contributed by atoms with E-state index >= 15 is 0 Å². The molecule has 5 nitrogen and oxygen atoms in total. The first-order chi connectivity index (χ1) is 46.6. The Bertz CT molecular complexity index is 1820. The molecule has 1 atom stereocenters. The van der Waals surface area contributed by atoms with Gasteiger partial charge in [0.1, 0.15) is 6.61 Å². The van der Waals surface area contributed by atoms with Crippen LogP contribution in [0.2, 0.25) is 0 Å². The Balaban J connectivity index is 3.42. The predicted octanol–water partition coefficient (Wildman–Crippen LogP) is 29.2. The van der Waals surface area contributed by atoms with Crippen molar-refractivity contribution in [2.45, 2.75) is 418 Å². The highest BCUT2D eigenvalue weighted by Crippen LogP contribution is 2.19. The molecule has 0 aromatic rings. The molecule has 0 aromatic heterocycles. The Morgan fingerprint density at radius 1 is 0.255 bits per heavy atom. The van der Waals surface area contributed by atoms with E-state index in [-0.39, 0.29) is 25.2 Å². The van der Waals surface area contributed by atoms with Gasteiger partial charge in [-0.05, 0) is 109 Å². The number of aliphatic hydroxyl groups is 1. The van der Waals surface area contributed by atoms with Crippen LogP contribution in [0.15, 0.2) is 122 Å². The van der Waals surface area contributed by atoms with Crippen LogP contribution in [0.3, 0.4) is 0 Å². The maximum atomic E-state index is 12.4. The molecule has 0 heterocycles. The highest BCUT2D eigenvalue weighted by Gasteiger charge is 2.16. The Labute approximate surface area is 585 Å². The van der Waals surface area contributed by atoms with Gasteiger partial charge in [-0.15, -0.1) is 0 Å². The van der Waals surface area contributed by atoms with Crippen molar-refractivity contribution < 1.29 is 24.2 Å². The minimum atomic E-state index is -0.776. The molecule has 94 heavy (non-hydrogen) atoms. The van der Waals surface area contributed by atoms with Gasteiger partial charge in [-0.2, -0.15) is 0 Å². The number of rotatable bonds is 76. The van der Waals surface area contributed by atoms with E-state index in [2.05, 4.69) is 135 Å². The average Bonchev–Trinajstić information content (AvgIpc) is 3.77. The zero-order valence-electron chi connectivity index (χ0n) is 62.5. The van der Waals surface area contributed by atoms with E-state index in [0.717, 1.165) is 96.3 Å². The summed E-state index contributed by atoms with van der Waals surface area (Å²) < 4.78 is 10.8. The number of carbonyl (C=O) groups excluding carboxylic acids is 2. The van der Waals surface area contributed by atoms with E-state index in [1.54, 1.807) is 0 Å². The molecule has 0 saturated heterocycles. The SMILES string of the molecule is CC/C=C\C/C=C\C/C=C\C/C=C\C/C=C\C/C=C\C/C=C\CCCCCCCCCCCCCCCCCCCCCC(=O)OC(CO)COC(=O)CCCCCCCCCCCCCCCCCCCCCCCCCC/C=C\C/C=C\C/C=C\CCCCCCC. The average molecular weight is 1310 g/mol. The van der Waals surface area contributed by atoms with Gasteiger partial charge < -0.3 is 14.6 Å². The summed E-state index contributed by atoms with van der Waals surface area (Å²) in [5, 5.41) is 9.74. The molecule has 1 N–H and O–H groups in total. The molecule has 0 aliphatic rings. The smallest absolute Gasteiger partial charge is 0.306 e. The number of hydrogen-bond donors (Lipinski definition) is 1. The summed E-state index contributed by atoms with van der Waals surface area (Å²) in [4.78, 5) is 24.7. The lowest BCUT2D eigenvalue weighted by Gasteiger charge is -2.15. The van der Waals surface area contributed by atoms with E-state index in [0.29, 0.717) is 12.8 Å². The topological polar surface area (TPSA) is 72.8 Å². The van der Waals surface area contributed by atoms with E-state index in [1.165, 1.54) is 289 Å². The lowest BCUT2D eigenvalue weighted by Crippen LogP contribution is -2.28. The van der Waals surface area contributed by atoms with Crippen molar-refractivity contribution in [3.05, 3.63) is 122 Å². The second-order valence-corrected chi connectivity index (χ2v) is 27.5. The maximum absolute atomic E-state index is 12.4. The summed E-state index contributed by atoms with van der Waals surface area (Å²) in [6, 6.07) is 0. The van der Waals surface area contributed by atoms with Crippen molar-refractivity contribution in [2.75, 3.05) is 13.2 Å². The third-order valence-electron chi connectivity index (χ3n) is 18.2. The Hall–Kier alpha value is -3.70. The summed E-state index contributed by atoms with van der Waals surface area (Å²) in [6.07, 6.45) is 123. The normalized spacial score (nSPS) is 12.8. The van der Waals surface area contributed by atoms with Gasteiger partial charge in [0.15, 0.2) is 6.10 Å². The van der Waals surface area contributed by atoms with Crippen LogP contribution < -0.4 is 0 Å². The molecule has 0 radical (unpaired) electrons. The third-order valence-corrected chi connectivity index (χ3v) is 18.2. The fourth-order valence-electron chi connectivity index (χ4n) is 12.1. The van der Waals surface area contributed by atoms with Crippen molar-refractivity contribution in [3.8, 4) is 0 Å². The first kappa shape index (κ1) is 90.3. The Morgan fingerprint density at radius 3 is 0.691 bits per heavy atom. The van der Waals surface area contributed by atoms with Gasteiger partial charge in [-0.3, -0.25) is 9.59 Å².